The van der Waals surface area contributed by atoms with Gasteiger partial charge in [0, 0.05) is 36.3 Å². The molecular weight excluding hydrogens is 234 g/mol. The van der Waals surface area contributed by atoms with E-state index in [9.17, 15) is 4.79 Å². The van der Waals surface area contributed by atoms with Crippen LogP contribution in [0.15, 0.2) is 6.07 Å². The number of carbonyl (C=O) groups excluding carboxylic acids is 1. The van der Waals surface area contributed by atoms with Crippen LogP contribution < -0.4 is 0 Å². The van der Waals surface area contributed by atoms with Crippen molar-refractivity contribution < 1.29 is 4.79 Å². The first-order chi connectivity index (χ1) is 8.94. The third-order valence-electron chi connectivity index (χ3n) is 3.95. The van der Waals surface area contributed by atoms with Gasteiger partial charge in [-0.2, -0.15) is 0 Å². The number of aromatic nitrogens is 1. The molecule has 19 heavy (non-hydrogen) atoms. The lowest BCUT2D eigenvalue weighted by molar-refractivity contribution is 0.0910. The Hall–Kier alpha value is -1.49. The molecular formula is C17H23NO. The van der Waals surface area contributed by atoms with Gasteiger partial charge in [0.05, 0.1) is 0 Å². The molecule has 1 aliphatic carbocycles. The molecule has 0 N–H and O–H groups in total. The molecule has 0 radical (unpaired) electrons. The molecule has 2 heteroatoms. The summed E-state index contributed by atoms with van der Waals surface area (Å²) in [5.74, 6) is 2.98. The Labute approximate surface area is 116 Å². The maximum Gasteiger partial charge on any atom is 0.165 e. The lowest BCUT2D eigenvalue weighted by atomic mass is 9.76. The van der Waals surface area contributed by atoms with Crippen LogP contribution in [0.2, 0.25) is 0 Å². The number of aryl methyl sites for hydroxylation is 1. The zero-order chi connectivity index (χ0) is 14.0. The quantitative estimate of drug-likeness (QED) is 0.594. The van der Waals surface area contributed by atoms with Crippen LogP contribution in [-0.4, -0.2) is 10.4 Å². The average molecular weight is 257 g/mol. The molecule has 2 nitrogen and oxygen atoms in total. The third-order valence-corrected chi connectivity index (χ3v) is 3.95. The standard InChI is InChI=1S/C17H23NO/c1-5-6-7-8-9-18-13(2)10-14-15(18)11-17(3,4)12-16(14)19/h1,10H,6-9,11-12H2,2-4H3. The van der Waals surface area contributed by atoms with E-state index in [1.165, 1.54) is 11.4 Å². The predicted octanol–water partition coefficient (Wildman–Crippen LogP) is 3.76. The highest BCUT2D eigenvalue weighted by Gasteiger charge is 2.33. The SMILES string of the molecule is C#CCCCCn1c(C)cc2c1CC(C)(C)CC2=O. The van der Waals surface area contributed by atoms with Crippen molar-refractivity contribution in [3.63, 3.8) is 0 Å². The minimum Gasteiger partial charge on any atom is -0.348 e. The number of carbonyl (C=O) groups is 1. The molecule has 1 aliphatic rings. The Morgan fingerprint density at radius 2 is 2.11 bits per heavy atom. The van der Waals surface area contributed by atoms with Gasteiger partial charge in [-0.05, 0) is 37.7 Å². The van der Waals surface area contributed by atoms with Crippen molar-refractivity contribution in [1.29, 1.82) is 0 Å². The fourth-order valence-corrected chi connectivity index (χ4v) is 3.01. The smallest absolute Gasteiger partial charge is 0.165 e. The van der Waals surface area contributed by atoms with Crippen LogP contribution >= 0.6 is 0 Å². The Morgan fingerprint density at radius 3 is 2.79 bits per heavy atom. The Morgan fingerprint density at radius 1 is 1.37 bits per heavy atom. The van der Waals surface area contributed by atoms with Crippen LogP contribution in [0.1, 0.15) is 61.3 Å². The zero-order valence-corrected chi connectivity index (χ0v) is 12.3. The first-order valence-corrected chi connectivity index (χ1v) is 7.10. The van der Waals surface area contributed by atoms with Gasteiger partial charge in [0.15, 0.2) is 5.78 Å². The molecule has 0 amide bonds. The minimum absolute atomic E-state index is 0.0887. The van der Waals surface area contributed by atoms with E-state index >= 15 is 0 Å². The monoisotopic (exact) mass is 257 g/mol. The first-order valence-electron chi connectivity index (χ1n) is 7.10. The molecule has 1 aromatic heterocycles. The van der Waals surface area contributed by atoms with Crippen molar-refractivity contribution in [3.8, 4) is 12.3 Å². The van der Waals surface area contributed by atoms with Gasteiger partial charge in [-0.3, -0.25) is 4.79 Å². The summed E-state index contributed by atoms with van der Waals surface area (Å²) in [5.41, 5.74) is 3.48. The molecule has 0 saturated carbocycles. The molecule has 0 unspecified atom stereocenters. The Balaban J connectivity index is 2.22. The first kappa shape index (κ1) is 13.9. The fourth-order valence-electron chi connectivity index (χ4n) is 3.01. The van der Waals surface area contributed by atoms with Crippen LogP contribution in [0.5, 0.6) is 0 Å². The summed E-state index contributed by atoms with van der Waals surface area (Å²) in [5, 5.41) is 0. The molecule has 1 heterocycles. The second-order valence-corrected chi connectivity index (χ2v) is 6.40. The van der Waals surface area contributed by atoms with E-state index in [1.807, 2.05) is 0 Å². The van der Waals surface area contributed by atoms with E-state index in [4.69, 9.17) is 6.42 Å². The van der Waals surface area contributed by atoms with Gasteiger partial charge in [-0.15, -0.1) is 12.3 Å². The van der Waals surface area contributed by atoms with Crippen LogP contribution in [-0.2, 0) is 13.0 Å². The van der Waals surface area contributed by atoms with Crippen molar-refractivity contribution in [2.45, 2.75) is 59.4 Å². The Kier molecular flexibility index (Phi) is 3.85. The lowest BCUT2D eigenvalue weighted by Crippen LogP contribution is -2.28. The molecule has 0 atom stereocenters. The van der Waals surface area contributed by atoms with Crippen molar-refractivity contribution in [3.05, 3.63) is 23.0 Å². The van der Waals surface area contributed by atoms with Crippen molar-refractivity contribution in [2.24, 2.45) is 5.41 Å². The van der Waals surface area contributed by atoms with E-state index in [-0.39, 0.29) is 5.41 Å². The number of Topliss-reactive ketones (excluding diaryl/α,β-unsaturated/α-hetero) is 1. The van der Waals surface area contributed by atoms with Gasteiger partial charge < -0.3 is 4.57 Å². The molecule has 0 spiro atoms. The summed E-state index contributed by atoms with van der Waals surface area (Å²) in [6, 6.07) is 2.06. The maximum atomic E-state index is 12.2. The molecule has 0 aliphatic heterocycles. The molecule has 0 bridgehead atoms. The zero-order valence-electron chi connectivity index (χ0n) is 12.3. The highest BCUT2D eigenvalue weighted by molar-refractivity contribution is 5.99. The molecule has 0 aromatic carbocycles. The fraction of sp³-hybridized carbons (Fsp3) is 0.588. The van der Waals surface area contributed by atoms with E-state index in [0.29, 0.717) is 12.2 Å². The molecule has 1 aromatic rings. The van der Waals surface area contributed by atoms with E-state index in [0.717, 1.165) is 37.8 Å². The van der Waals surface area contributed by atoms with Crippen molar-refractivity contribution in [1.82, 2.24) is 4.57 Å². The van der Waals surface area contributed by atoms with E-state index in [1.54, 1.807) is 0 Å². The second-order valence-electron chi connectivity index (χ2n) is 6.40. The largest absolute Gasteiger partial charge is 0.348 e. The third kappa shape index (κ3) is 2.92. The van der Waals surface area contributed by atoms with Crippen molar-refractivity contribution >= 4 is 5.78 Å². The number of ketones is 1. The summed E-state index contributed by atoms with van der Waals surface area (Å²) >= 11 is 0. The summed E-state index contributed by atoms with van der Waals surface area (Å²) in [6.07, 6.45) is 9.93. The number of nitrogens with zero attached hydrogens (tertiary/aromatic N) is 1. The lowest BCUT2D eigenvalue weighted by Gasteiger charge is -2.29. The number of hydrogen-bond acceptors (Lipinski definition) is 1. The number of hydrogen-bond donors (Lipinski definition) is 0. The number of terminal acetylenes is 1. The van der Waals surface area contributed by atoms with Crippen molar-refractivity contribution in [2.75, 3.05) is 0 Å². The van der Waals surface area contributed by atoms with Gasteiger partial charge >= 0.3 is 0 Å². The van der Waals surface area contributed by atoms with E-state index < -0.39 is 0 Å². The molecule has 102 valence electrons. The maximum absolute atomic E-state index is 12.2. The highest BCUT2D eigenvalue weighted by atomic mass is 16.1. The van der Waals surface area contributed by atoms with Gasteiger partial charge in [-0.1, -0.05) is 13.8 Å². The number of rotatable bonds is 4. The minimum atomic E-state index is 0.0887. The second kappa shape index (κ2) is 5.25. The van der Waals surface area contributed by atoms with Gasteiger partial charge in [0.1, 0.15) is 0 Å². The highest BCUT2D eigenvalue weighted by Crippen LogP contribution is 2.36. The van der Waals surface area contributed by atoms with Crippen LogP contribution in [0.4, 0.5) is 0 Å². The summed E-state index contributed by atoms with van der Waals surface area (Å²) in [7, 11) is 0. The summed E-state index contributed by atoms with van der Waals surface area (Å²) in [4.78, 5) is 12.2. The summed E-state index contributed by atoms with van der Waals surface area (Å²) in [6.45, 7) is 7.43. The molecule has 0 saturated heterocycles. The van der Waals surface area contributed by atoms with Crippen LogP contribution in [0.3, 0.4) is 0 Å². The van der Waals surface area contributed by atoms with Gasteiger partial charge in [0.25, 0.3) is 0 Å². The molecule has 2 rings (SSSR count). The number of unbranched alkanes of at least 4 members (excludes halogenated alkanes) is 2. The van der Waals surface area contributed by atoms with Gasteiger partial charge in [-0.25, -0.2) is 0 Å². The molecule has 0 fully saturated rings. The topological polar surface area (TPSA) is 22.0 Å². The average Bonchev–Trinajstić information content (AvgIpc) is 2.61. The Bertz CT molecular complexity index is 528. The summed E-state index contributed by atoms with van der Waals surface area (Å²) < 4.78 is 2.32. The van der Waals surface area contributed by atoms with Gasteiger partial charge in [0.2, 0.25) is 0 Å². The van der Waals surface area contributed by atoms with E-state index in [2.05, 4.69) is 37.3 Å². The normalized spacial score (nSPS) is 17.1. The number of fused-ring (bicyclic) bond motifs is 1. The predicted molar refractivity (Wildman–Crippen MR) is 78.3 cm³/mol. The van der Waals surface area contributed by atoms with Crippen LogP contribution in [0.25, 0.3) is 0 Å². The van der Waals surface area contributed by atoms with Crippen LogP contribution in [0, 0.1) is 24.7 Å².